The summed E-state index contributed by atoms with van der Waals surface area (Å²) < 4.78 is 5.63. The molecule has 1 aromatic rings. The minimum absolute atomic E-state index is 0.754. The van der Waals surface area contributed by atoms with Gasteiger partial charge in [0.2, 0.25) is 0 Å². The fourth-order valence-corrected chi connectivity index (χ4v) is 1.77. The molecular weight excluding hydrogens is 172 g/mol. The third-order valence-corrected chi connectivity index (χ3v) is 2.41. The first-order valence-corrected chi connectivity index (χ1v) is 5.57. The minimum atomic E-state index is 0.754. The van der Waals surface area contributed by atoms with Crippen LogP contribution in [0.3, 0.4) is 0 Å². The highest BCUT2D eigenvalue weighted by Gasteiger charge is 2.06. The van der Waals surface area contributed by atoms with Crippen molar-refractivity contribution in [3.05, 3.63) is 29.3 Å². The third kappa shape index (κ3) is 2.50. The molecule has 14 heavy (non-hydrogen) atoms. The van der Waals surface area contributed by atoms with E-state index in [9.17, 15) is 0 Å². The lowest BCUT2D eigenvalue weighted by atomic mass is 10.0. The summed E-state index contributed by atoms with van der Waals surface area (Å²) in [7, 11) is 0. The van der Waals surface area contributed by atoms with Crippen LogP contribution in [0.4, 0.5) is 0 Å². The van der Waals surface area contributed by atoms with E-state index in [1.165, 1.54) is 17.5 Å². The normalized spacial score (nSPS) is 10.2. The molecule has 1 rings (SSSR count). The van der Waals surface area contributed by atoms with Gasteiger partial charge in [0.25, 0.3) is 0 Å². The van der Waals surface area contributed by atoms with E-state index >= 15 is 0 Å². The predicted molar refractivity (Wildman–Crippen MR) is 61.0 cm³/mol. The number of rotatable bonds is 5. The molecule has 0 aliphatic carbocycles. The molecule has 0 aromatic heterocycles. The van der Waals surface area contributed by atoms with Crippen molar-refractivity contribution in [3.63, 3.8) is 0 Å². The van der Waals surface area contributed by atoms with E-state index in [-0.39, 0.29) is 0 Å². The SMILES string of the molecule is CCCc1c(CC)cccc1OCC. The first kappa shape index (κ1) is 11.1. The molecule has 0 saturated heterocycles. The molecule has 78 valence electrons. The van der Waals surface area contributed by atoms with Crippen molar-refractivity contribution in [2.24, 2.45) is 0 Å². The number of hydrogen-bond donors (Lipinski definition) is 0. The van der Waals surface area contributed by atoms with Crippen molar-refractivity contribution in [2.45, 2.75) is 40.0 Å². The van der Waals surface area contributed by atoms with Crippen LogP contribution in [0.5, 0.6) is 5.75 Å². The highest BCUT2D eigenvalue weighted by Crippen LogP contribution is 2.24. The van der Waals surface area contributed by atoms with Crippen LogP contribution in [-0.2, 0) is 12.8 Å². The standard InChI is InChI=1S/C13H20O/c1-4-8-12-11(5-2)9-7-10-13(12)14-6-3/h7,9-10H,4-6,8H2,1-3H3. The van der Waals surface area contributed by atoms with Crippen LogP contribution in [0.1, 0.15) is 38.3 Å². The molecule has 0 fully saturated rings. The van der Waals surface area contributed by atoms with E-state index in [0.717, 1.165) is 25.2 Å². The Morgan fingerprint density at radius 1 is 1.14 bits per heavy atom. The molecule has 0 atom stereocenters. The zero-order chi connectivity index (χ0) is 10.4. The molecule has 0 aliphatic heterocycles. The summed E-state index contributed by atoms with van der Waals surface area (Å²) in [5.41, 5.74) is 2.83. The minimum Gasteiger partial charge on any atom is -0.494 e. The van der Waals surface area contributed by atoms with Gasteiger partial charge >= 0.3 is 0 Å². The number of ether oxygens (including phenoxy) is 1. The molecule has 0 radical (unpaired) electrons. The van der Waals surface area contributed by atoms with Gasteiger partial charge in [-0.25, -0.2) is 0 Å². The molecule has 0 aliphatic rings. The second-order valence-electron chi connectivity index (χ2n) is 3.43. The fourth-order valence-electron chi connectivity index (χ4n) is 1.77. The van der Waals surface area contributed by atoms with Crippen molar-refractivity contribution in [3.8, 4) is 5.75 Å². The Morgan fingerprint density at radius 3 is 2.50 bits per heavy atom. The van der Waals surface area contributed by atoms with Gasteiger partial charge in [-0.05, 0) is 37.0 Å². The molecule has 0 heterocycles. The van der Waals surface area contributed by atoms with Gasteiger partial charge in [-0.1, -0.05) is 32.4 Å². The van der Waals surface area contributed by atoms with E-state index < -0.39 is 0 Å². The topological polar surface area (TPSA) is 9.23 Å². The van der Waals surface area contributed by atoms with Crippen molar-refractivity contribution >= 4 is 0 Å². The molecule has 0 spiro atoms. The smallest absolute Gasteiger partial charge is 0.122 e. The molecule has 1 aromatic carbocycles. The summed E-state index contributed by atoms with van der Waals surface area (Å²) in [5.74, 6) is 1.08. The van der Waals surface area contributed by atoms with Crippen LogP contribution in [0.2, 0.25) is 0 Å². The lowest BCUT2D eigenvalue weighted by Gasteiger charge is -2.13. The lowest BCUT2D eigenvalue weighted by Crippen LogP contribution is -2.00. The van der Waals surface area contributed by atoms with Gasteiger partial charge in [0, 0.05) is 0 Å². The maximum Gasteiger partial charge on any atom is 0.122 e. The van der Waals surface area contributed by atoms with Crippen LogP contribution in [0.15, 0.2) is 18.2 Å². The van der Waals surface area contributed by atoms with Crippen LogP contribution in [0.25, 0.3) is 0 Å². The molecule has 0 unspecified atom stereocenters. The van der Waals surface area contributed by atoms with Gasteiger partial charge < -0.3 is 4.74 Å². The Bertz CT molecular complexity index is 279. The molecular formula is C13H20O. The molecule has 1 heteroatoms. The van der Waals surface area contributed by atoms with E-state index in [4.69, 9.17) is 4.74 Å². The van der Waals surface area contributed by atoms with Gasteiger partial charge in [0.1, 0.15) is 5.75 Å². The van der Waals surface area contributed by atoms with Crippen molar-refractivity contribution in [2.75, 3.05) is 6.61 Å². The molecule has 0 N–H and O–H groups in total. The second-order valence-corrected chi connectivity index (χ2v) is 3.43. The van der Waals surface area contributed by atoms with Gasteiger partial charge in [-0.3, -0.25) is 0 Å². The van der Waals surface area contributed by atoms with Crippen molar-refractivity contribution < 1.29 is 4.74 Å². The Balaban J connectivity index is 3.00. The van der Waals surface area contributed by atoms with E-state index in [1.807, 2.05) is 6.92 Å². The van der Waals surface area contributed by atoms with Crippen LogP contribution >= 0.6 is 0 Å². The molecule has 0 saturated carbocycles. The first-order valence-electron chi connectivity index (χ1n) is 5.57. The van der Waals surface area contributed by atoms with E-state index in [1.54, 1.807) is 0 Å². The second kappa shape index (κ2) is 5.69. The Morgan fingerprint density at radius 2 is 1.93 bits per heavy atom. The fraction of sp³-hybridized carbons (Fsp3) is 0.538. The first-order chi connectivity index (χ1) is 6.83. The van der Waals surface area contributed by atoms with Gasteiger partial charge in [0.15, 0.2) is 0 Å². The summed E-state index contributed by atoms with van der Waals surface area (Å²) in [5, 5.41) is 0. The summed E-state index contributed by atoms with van der Waals surface area (Å²) in [6.45, 7) is 7.20. The van der Waals surface area contributed by atoms with Crippen LogP contribution in [0, 0.1) is 0 Å². The Kier molecular flexibility index (Phi) is 4.51. The number of benzene rings is 1. The van der Waals surface area contributed by atoms with Crippen molar-refractivity contribution in [1.82, 2.24) is 0 Å². The summed E-state index contributed by atoms with van der Waals surface area (Å²) in [6, 6.07) is 6.37. The quantitative estimate of drug-likeness (QED) is 0.692. The van der Waals surface area contributed by atoms with Gasteiger partial charge in [-0.2, -0.15) is 0 Å². The average molecular weight is 192 g/mol. The zero-order valence-corrected chi connectivity index (χ0v) is 9.47. The van der Waals surface area contributed by atoms with Crippen LogP contribution in [-0.4, -0.2) is 6.61 Å². The van der Waals surface area contributed by atoms with Gasteiger partial charge in [0.05, 0.1) is 6.61 Å². The van der Waals surface area contributed by atoms with Gasteiger partial charge in [-0.15, -0.1) is 0 Å². The largest absolute Gasteiger partial charge is 0.494 e. The van der Waals surface area contributed by atoms with Crippen molar-refractivity contribution in [1.29, 1.82) is 0 Å². The lowest BCUT2D eigenvalue weighted by molar-refractivity contribution is 0.336. The maximum absolute atomic E-state index is 5.63. The summed E-state index contributed by atoms with van der Waals surface area (Å²) >= 11 is 0. The summed E-state index contributed by atoms with van der Waals surface area (Å²) in [4.78, 5) is 0. The zero-order valence-electron chi connectivity index (χ0n) is 9.47. The van der Waals surface area contributed by atoms with E-state index in [2.05, 4.69) is 32.0 Å². The maximum atomic E-state index is 5.63. The molecule has 1 nitrogen and oxygen atoms in total. The summed E-state index contributed by atoms with van der Waals surface area (Å²) in [6.07, 6.45) is 3.40. The van der Waals surface area contributed by atoms with Crippen LogP contribution < -0.4 is 4.74 Å². The molecule has 0 bridgehead atoms. The Labute approximate surface area is 87.1 Å². The number of aryl methyl sites for hydroxylation is 1. The highest BCUT2D eigenvalue weighted by molar-refractivity contribution is 5.40. The monoisotopic (exact) mass is 192 g/mol. The third-order valence-electron chi connectivity index (χ3n) is 2.41. The number of hydrogen-bond acceptors (Lipinski definition) is 1. The van der Waals surface area contributed by atoms with E-state index in [0.29, 0.717) is 0 Å². The predicted octanol–water partition coefficient (Wildman–Crippen LogP) is 3.60. The highest BCUT2D eigenvalue weighted by atomic mass is 16.5. The molecule has 0 amide bonds. The average Bonchev–Trinajstić information content (AvgIpc) is 2.21. The Hall–Kier alpha value is -0.980.